The van der Waals surface area contributed by atoms with Crippen LogP contribution in [0.1, 0.15) is 29.8 Å². The first-order valence-corrected chi connectivity index (χ1v) is 9.89. The summed E-state index contributed by atoms with van der Waals surface area (Å²) in [5, 5.41) is 16.2. The highest BCUT2D eigenvalue weighted by atomic mass is 16.1. The second-order valence-electron chi connectivity index (χ2n) is 7.42. The fourth-order valence-corrected chi connectivity index (χ4v) is 3.67. The number of carbonyl (C=O) groups is 1. The summed E-state index contributed by atoms with van der Waals surface area (Å²) in [6.07, 6.45) is 5.09. The molecular formula is C21H25N7O. The van der Waals surface area contributed by atoms with E-state index in [1.54, 1.807) is 17.1 Å². The highest BCUT2D eigenvalue weighted by Crippen LogP contribution is 2.22. The van der Waals surface area contributed by atoms with Crippen LogP contribution in [0.5, 0.6) is 0 Å². The summed E-state index contributed by atoms with van der Waals surface area (Å²) in [5.74, 6) is 1.71. The Kier molecular flexibility index (Phi) is 5.50. The number of amides is 1. The number of nitrogens with zero attached hydrogens (tertiary/aromatic N) is 6. The maximum absolute atomic E-state index is 12.5. The molecule has 150 valence electrons. The summed E-state index contributed by atoms with van der Waals surface area (Å²) in [6, 6.07) is 9.76. The Bertz CT molecular complexity index is 960. The molecule has 1 aliphatic heterocycles. The lowest BCUT2D eigenvalue weighted by Gasteiger charge is -2.31. The average molecular weight is 391 g/mol. The Hall–Kier alpha value is -3.29. The lowest BCUT2D eigenvalue weighted by molar-refractivity contribution is -0.125. The maximum Gasteiger partial charge on any atom is 0.223 e. The van der Waals surface area contributed by atoms with Crippen LogP contribution < -0.4 is 10.2 Å². The zero-order valence-corrected chi connectivity index (χ0v) is 16.7. The van der Waals surface area contributed by atoms with Crippen molar-refractivity contribution in [1.29, 1.82) is 0 Å². The monoisotopic (exact) mass is 391 g/mol. The third-order valence-corrected chi connectivity index (χ3v) is 5.27. The van der Waals surface area contributed by atoms with E-state index in [4.69, 9.17) is 0 Å². The van der Waals surface area contributed by atoms with Crippen molar-refractivity contribution < 1.29 is 4.79 Å². The predicted molar refractivity (Wildman–Crippen MR) is 110 cm³/mol. The van der Waals surface area contributed by atoms with Gasteiger partial charge in [-0.1, -0.05) is 0 Å². The molecule has 0 radical (unpaired) electrons. The topological polar surface area (TPSA) is 88.8 Å². The SMILES string of the molecule is Cc1cc(C)n(-c2ccc(N3CCC(C(=O)NCc4ccncc4)CC3)nn2)n1. The number of aromatic nitrogens is 5. The highest BCUT2D eigenvalue weighted by Gasteiger charge is 2.25. The van der Waals surface area contributed by atoms with Crippen LogP contribution in [0.2, 0.25) is 0 Å². The van der Waals surface area contributed by atoms with Crippen LogP contribution in [-0.4, -0.2) is 44.0 Å². The fraction of sp³-hybridized carbons (Fsp3) is 0.381. The lowest BCUT2D eigenvalue weighted by atomic mass is 9.96. The van der Waals surface area contributed by atoms with E-state index in [2.05, 4.69) is 30.5 Å². The molecule has 0 aromatic carbocycles. The van der Waals surface area contributed by atoms with Crippen LogP contribution in [0.4, 0.5) is 5.82 Å². The van der Waals surface area contributed by atoms with Crippen LogP contribution in [0, 0.1) is 19.8 Å². The molecule has 0 saturated carbocycles. The molecule has 1 aliphatic rings. The zero-order valence-electron chi connectivity index (χ0n) is 16.7. The van der Waals surface area contributed by atoms with Crippen molar-refractivity contribution in [1.82, 2.24) is 30.3 Å². The first-order chi connectivity index (χ1) is 14.1. The zero-order chi connectivity index (χ0) is 20.2. The molecule has 8 heteroatoms. The van der Waals surface area contributed by atoms with Crippen molar-refractivity contribution in [3.63, 3.8) is 0 Å². The summed E-state index contributed by atoms with van der Waals surface area (Å²) in [7, 11) is 0. The summed E-state index contributed by atoms with van der Waals surface area (Å²) in [4.78, 5) is 18.6. The van der Waals surface area contributed by atoms with Gasteiger partial charge in [-0.3, -0.25) is 9.78 Å². The van der Waals surface area contributed by atoms with Crippen molar-refractivity contribution >= 4 is 11.7 Å². The van der Waals surface area contributed by atoms with Crippen LogP contribution in [0.3, 0.4) is 0 Å². The van der Waals surface area contributed by atoms with Gasteiger partial charge in [0.1, 0.15) is 0 Å². The van der Waals surface area contributed by atoms with Gasteiger partial charge in [0, 0.05) is 43.6 Å². The highest BCUT2D eigenvalue weighted by molar-refractivity contribution is 5.79. The molecule has 0 spiro atoms. The van der Waals surface area contributed by atoms with Gasteiger partial charge in [0.2, 0.25) is 5.91 Å². The van der Waals surface area contributed by atoms with Crippen LogP contribution in [0.15, 0.2) is 42.7 Å². The van der Waals surface area contributed by atoms with E-state index >= 15 is 0 Å². The molecule has 1 saturated heterocycles. The van der Waals surface area contributed by atoms with Crippen molar-refractivity contribution in [3.05, 3.63) is 59.7 Å². The van der Waals surface area contributed by atoms with E-state index in [9.17, 15) is 4.79 Å². The molecule has 0 unspecified atom stereocenters. The fourth-order valence-electron chi connectivity index (χ4n) is 3.67. The maximum atomic E-state index is 12.5. The number of pyridine rings is 1. The average Bonchev–Trinajstić information content (AvgIpc) is 3.11. The minimum Gasteiger partial charge on any atom is -0.355 e. The first-order valence-electron chi connectivity index (χ1n) is 9.89. The molecule has 0 bridgehead atoms. The molecule has 29 heavy (non-hydrogen) atoms. The predicted octanol–water partition coefficient (Wildman–Crippen LogP) is 2.21. The normalized spacial score (nSPS) is 14.8. The Labute approximate surface area is 170 Å². The minimum atomic E-state index is 0.0371. The van der Waals surface area contributed by atoms with Gasteiger partial charge in [-0.25, -0.2) is 4.68 Å². The van der Waals surface area contributed by atoms with Crippen LogP contribution in [0.25, 0.3) is 5.82 Å². The number of nitrogens with one attached hydrogen (secondary N) is 1. The third-order valence-electron chi connectivity index (χ3n) is 5.27. The molecule has 0 aliphatic carbocycles. The van der Waals surface area contributed by atoms with Gasteiger partial charge < -0.3 is 10.2 Å². The van der Waals surface area contributed by atoms with Crippen LogP contribution in [-0.2, 0) is 11.3 Å². The number of hydrogen-bond donors (Lipinski definition) is 1. The van der Waals surface area contributed by atoms with Crippen molar-refractivity contribution in [2.45, 2.75) is 33.2 Å². The molecule has 4 heterocycles. The van der Waals surface area contributed by atoms with Crippen molar-refractivity contribution in [2.75, 3.05) is 18.0 Å². The Morgan fingerprint density at radius 2 is 1.76 bits per heavy atom. The summed E-state index contributed by atoms with van der Waals surface area (Å²) in [6.45, 7) is 6.09. The standard InChI is InChI=1S/C21H25N7O/c1-15-13-16(2)28(26-15)20-4-3-19(24-25-20)27-11-7-18(8-12-27)21(29)23-14-17-5-9-22-10-6-17/h3-6,9-10,13,18H,7-8,11-12,14H2,1-2H3,(H,23,29). The number of hydrogen-bond acceptors (Lipinski definition) is 6. The first kappa shape index (κ1) is 19.0. The summed E-state index contributed by atoms with van der Waals surface area (Å²) in [5.41, 5.74) is 3.05. The van der Waals surface area contributed by atoms with E-state index in [1.807, 2.05) is 44.2 Å². The molecule has 1 fully saturated rings. The van der Waals surface area contributed by atoms with Gasteiger partial charge in [0.05, 0.1) is 5.69 Å². The van der Waals surface area contributed by atoms with E-state index in [0.717, 1.165) is 48.7 Å². The van der Waals surface area contributed by atoms with Gasteiger partial charge in [0.25, 0.3) is 0 Å². The van der Waals surface area contributed by atoms with Crippen LogP contribution >= 0.6 is 0 Å². The lowest BCUT2D eigenvalue weighted by Crippen LogP contribution is -2.40. The Morgan fingerprint density at radius 1 is 1.07 bits per heavy atom. The Balaban J connectivity index is 1.31. The number of aryl methyl sites for hydroxylation is 2. The number of rotatable bonds is 5. The molecule has 3 aromatic rings. The van der Waals surface area contributed by atoms with Gasteiger partial charge in [-0.05, 0) is 62.6 Å². The third kappa shape index (κ3) is 4.42. The van der Waals surface area contributed by atoms with E-state index in [1.165, 1.54) is 0 Å². The van der Waals surface area contributed by atoms with Gasteiger partial charge in [-0.2, -0.15) is 5.10 Å². The summed E-state index contributed by atoms with van der Waals surface area (Å²) < 4.78 is 1.80. The largest absolute Gasteiger partial charge is 0.355 e. The molecule has 3 aromatic heterocycles. The number of piperidine rings is 1. The van der Waals surface area contributed by atoms with Gasteiger partial charge in [-0.15, -0.1) is 10.2 Å². The molecule has 4 rings (SSSR count). The smallest absolute Gasteiger partial charge is 0.223 e. The van der Waals surface area contributed by atoms with Crippen molar-refractivity contribution in [3.8, 4) is 5.82 Å². The van der Waals surface area contributed by atoms with E-state index in [-0.39, 0.29) is 11.8 Å². The summed E-state index contributed by atoms with van der Waals surface area (Å²) >= 11 is 0. The number of anilines is 1. The van der Waals surface area contributed by atoms with Crippen molar-refractivity contribution in [2.24, 2.45) is 5.92 Å². The molecule has 0 atom stereocenters. The Morgan fingerprint density at radius 3 is 2.38 bits per heavy atom. The van der Waals surface area contributed by atoms with E-state index < -0.39 is 0 Å². The minimum absolute atomic E-state index is 0.0371. The number of carbonyl (C=O) groups excluding carboxylic acids is 1. The van der Waals surface area contributed by atoms with E-state index in [0.29, 0.717) is 12.4 Å². The van der Waals surface area contributed by atoms with Gasteiger partial charge >= 0.3 is 0 Å². The second kappa shape index (κ2) is 8.38. The molecule has 1 N–H and O–H groups in total. The van der Waals surface area contributed by atoms with Gasteiger partial charge in [0.15, 0.2) is 11.6 Å². The molecular weight excluding hydrogens is 366 g/mol. The second-order valence-corrected chi connectivity index (χ2v) is 7.42. The molecule has 8 nitrogen and oxygen atoms in total. The molecule has 1 amide bonds. The quantitative estimate of drug-likeness (QED) is 0.717.